The van der Waals surface area contributed by atoms with Crippen molar-refractivity contribution in [1.82, 2.24) is 0 Å². The van der Waals surface area contributed by atoms with E-state index in [0.717, 1.165) is 25.7 Å². The van der Waals surface area contributed by atoms with Gasteiger partial charge in [-0.05, 0) is 73.3 Å². The number of hydrogen-bond donors (Lipinski definition) is 2. The number of aliphatic hydroxyl groups excluding tert-OH is 2. The van der Waals surface area contributed by atoms with Crippen molar-refractivity contribution in [1.29, 1.82) is 0 Å². The van der Waals surface area contributed by atoms with E-state index in [1.807, 2.05) is 0 Å². The molecule has 3 aliphatic rings. The molecule has 3 aliphatic carbocycles. The van der Waals surface area contributed by atoms with E-state index in [-0.39, 0.29) is 5.41 Å². The molecule has 21 heavy (non-hydrogen) atoms. The van der Waals surface area contributed by atoms with Crippen LogP contribution >= 0.6 is 0 Å². The molecular formula is C19H26O2. The zero-order valence-corrected chi connectivity index (χ0v) is 13.0. The molecule has 2 saturated carbocycles. The van der Waals surface area contributed by atoms with E-state index in [2.05, 4.69) is 32.0 Å². The van der Waals surface area contributed by atoms with Crippen molar-refractivity contribution in [2.75, 3.05) is 0 Å². The highest BCUT2D eigenvalue weighted by atomic mass is 16.3. The van der Waals surface area contributed by atoms with Gasteiger partial charge in [0.25, 0.3) is 0 Å². The van der Waals surface area contributed by atoms with Crippen LogP contribution in [0.2, 0.25) is 0 Å². The largest absolute Gasteiger partial charge is 0.390 e. The smallest absolute Gasteiger partial charge is 0.0855 e. The van der Waals surface area contributed by atoms with Crippen LogP contribution in [-0.4, -0.2) is 22.4 Å². The summed E-state index contributed by atoms with van der Waals surface area (Å²) in [4.78, 5) is 0. The van der Waals surface area contributed by atoms with Gasteiger partial charge in [0.15, 0.2) is 0 Å². The van der Waals surface area contributed by atoms with Gasteiger partial charge in [-0.25, -0.2) is 0 Å². The van der Waals surface area contributed by atoms with Crippen molar-refractivity contribution in [3.8, 4) is 0 Å². The summed E-state index contributed by atoms with van der Waals surface area (Å²) in [6, 6.07) is 6.94. The fourth-order valence-electron chi connectivity index (χ4n) is 5.70. The monoisotopic (exact) mass is 286 g/mol. The van der Waals surface area contributed by atoms with Crippen LogP contribution in [0.1, 0.15) is 55.2 Å². The first-order valence-electron chi connectivity index (χ1n) is 8.46. The molecule has 4 rings (SSSR count). The van der Waals surface area contributed by atoms with Gasteiger partial charge in [0, 0.05) is 0 Å². The fourth-order valence-corrected chi connectivity index (χ4v) is 5.70. The second kappa shape index (κ2) is 4.57. The number of aliphatic hydroxyl groups is 2. The van der Waals surface area contributed by atoms with Crippen LogP contribution in [-0.2, 0) is 6.42 Å². The van der Waals surface area contributed by atoms with Gasteiger partial charge in [-0.3, -0.25) is 0 Å². The van der Waals surface area contributed by atoms with Gasteiger partial charge in [-0.1, -0.05) is 30.7 Å². The Morgan fingerprint density at radius 1 is 1.19 bits per heavy atom. The molecule has 0 aromatic heterocycles. The molecule has 1 aromatic carbocycles. The van der Waals surface area contributed by atoms with Crippen LogP contribution in [0.25, 0.3) is 0 Å². The predicted molar refractivity (Wildman–Crippen MR) is 83.2 cm³/mol. The molecular weight excluding hydrogens is 260 g/mol. The van der Waals surface area contributed by atoms with Crippen LogP contribution < -0.4 is 0 Å². The molecule has 0 radical (unpaired) electrons. The zero-order chi connectivity index (χ0) is 14.8. The summed E-state index contributed by atoms with van der Waals surface area (Å²) in [5.74, 6) is 1.77. The number of aryl methyl sites for hydroxylation is 2. The summed E-state index contributed by atoms with van der Waals surface area (Å²) >= 11 is 0. The number of fused-ring (bicyclic) bond motifs is 5. The predicted octanol–water partition coefficient (Wildman–Crippen LogP) is 3.18. The summed E-state index contributed by atoms with van der Waals surface area (Å²) in [5, 5.41) is 20.6. The number of hydrogen-bond acceptors (Lipinski definition) is 2. The normalized spacial score (nSPS) is 44.9. The van der Waals surface area contributed by atoms with Crippen LogP contribution in [0.3, 0.4) is 0 Å². The topological polar surface area (TPSA) is 40.5 Å². The molecule has 0 heterocycles. The van der Waals surface area contributed by atoms with Crippen molar-refractivity contribution in [2.45, 2.75) is 64.1 Å². The first kappa shape index (κ1) is 13.8. The van der Waals surface area contributed by atoms with Gasteiger partial charge < -0.3 is 10.2 Å². The Kier molecular flexibility index (Phi) is 3.00. The van der Waals surface area contributed by atoms with E-state index in [4.69, 9.17) is 0 Å². The molecule has 0 spiro atoms. The average Bonchev–Trinajstić information content (AvgIpc) is 2.70. The molecule has 2 nitrogen and oxygen atoms in total. The molecule has 0 bridgehead atoms. The zero-order valence-electron chi connectivity index (χ0n) is 13.0. The lowest BCUT2D eigenvalue weighted by atomic mass is 9.55. The maximum absolute atomic E-state index is 10.4. The Hall–Kier alpha value is -0.860. The summed E-state index contributed by atoms with van der Waals surface area (Å²) in [7, 11) is 0. The second-order valence-electron chi connectivity index (χ2n) is 7.91. The van der Waals surface area contributed by atoms with Crippen LogP contribution in [0, 0.1) is 24.2 Å². The number of benzene rings is 1. The second-order valence-corrected chi connectivity index (χ2v) is 7.91. The van der Waals surface area contributed by atoms with Crippen molar-refractivity contribution < 1.29 is 10.2 Å². The van der Waals surface area contributed by atoms with Crippen LogP contribution in [0.5, 0.6) is 0 Å². The van der Waals surface area contributed by atoms with Gasteiger partial charge >= 0.3 is 0 Å². The minimum atomic E-state index is -0.525. The Bertz CT molecular complexity index is 567. The summed E-state index contributed by atoms with van der Waals surface area (Å²) < 4.78 is 0. The van der Waals surface area contributed by atoms with E-state index in [0.29, 0.717) is 17.8 Å². The molecule has 2 heteroatoms. The highest BCUT2D eigenvalue weighted by Gasteiger charge is 2.57. The number of rotatable bonds is 0. The molecule has 1 aromatic rings. The van der Waals surface area contributed by atoms with E-state index in [9.17, 15) is 10.2 Å². The Morgan fingerprint density at radius 2 is 2.00 bits per heavy atom. The Balaban J connectivity index is 1.71. The third-order valence-corrected chi connectivity index (χ3v) is 6.86. The third kappa shape index (κ3) is 1.85. The first-order valence-corrected chi connectivity index (χ1v) is 8.46. The van der Waals surface area contributed by atoms with Crippen molar-refractivity contribution in [2.24, 2.45) is 17.3 Å². The van der Waals surface area contributed by atoms with Crippen LogP contribution in [0.4, 0.5) is 0 Å². The van der Waals surface area contributed by atoms with Crippen molar-refractivity contribution in [3.63, 3.8) is 0 Å². The molecule has 0 saturated heterocycles. The average molecular weight is 286 g/mol. The molecule has 2 N–H and O–H groups in total. The molecule has 6 unspecified atom stereocenters. The quantitative estimate of drug-likeness (QED) is 0.769. The maximum atomic E-state index is 10.4. The molecule has 0 amide bonds. The van der Waals surface area contributed by atoms with Gasteiger partial charge in [-0.2, -0.15) is 0 Å². The standard InChI is InChI=1S/C19H26O2/c1-11-3-5-13-12(9-11)4-6-15-14(13)7-8-19(2)16(15)10-17(20)18(19)21/h3,5,9,14-18,20-21H,4,6-8,10H2,1-2H3. The minimum Gasteiger partial charge on any atom is -0.390 e. The highest BCUT2D eigenvalue weighted by Crippen LogP contribution is 2.60. The first-order chi connectivity index (χ1) is 10.0. The lowest BCUT2D eigenvalue weighted by Crippen LogP contribution is -2.44. The fraction of sp³-hybridized carbons (Fsp3) is 0.684. The van der Waals surface area contributed by atoms with E-state index in [1.54, 1.807) is 11.1 Å². The molecule has 2 fully saturated rings. The summed E-state index contributed by atoms with van der Waals surface area (Å²) in [6.45, 7) is 4.38. The summed E-state index contributed by atoms with van der Waals surface area (Å²) in [5.41, 5.74) is 4.39. The van der Waals surface area contributed by atoms with E-state index >= 15 is 0 Å². The minimum absolute atomic E-state index is 0.0667. The molecule has 114 valence electrons. The lowest BCUT2D eigenvalue weighted by molar-refractivity contribution is -0.0505. The van der Waals surface area contributed by atoms with Crippen LogP contribution in [0.15, 0.2) is 18.2 Å². The van der Waals surface area contributed by atoms with E-state index < -0.39 is 12.2 Å². The van der Waals surface area contributed by atoms with Crippen molar-refractivity contribution in [3.05, 3.63) is 34.9 Å². The highest BCUT2D eigenvalue weighted by molar-refractivity contribution is 5.37. The van der Waals surface area contributed by atoms with Crippen molar-refractivity contribution >= 4 is 0 Å². The van der Waals surface area contributed by atoms with Gasteiger partial charge in [0.2, 0.25) is 0 Å². The maximum Gasteiger partial charge on any atom is 0.0855 e. The van der Waals surface area contributed by atoms with E-state index in [1.165, 1.54) is 12.0 Å². The third-order valence-electron chi connectivity index (χ3n) is 6.86. The Morgan fingerprint density at radius 3 is 2.81 bits per heavy atom. The molecule has 6 atom stereocenters. The Labute approximate surface area is 127 Å². The lowest BCUT2D eigenvalue weighted by Gasteiger charge is -2.49. The summed E-state index contributed by atoms with van der Waals surface area (Å²) in [6.07, 6.45) is 4.35. The van der Waals surface area contributed by atoms with Gasteiger partial charge in [0.05, 0.1) is 12.2 Å². The van der Waals surface area contributed by atoms with Gasteiger partial charge in [0.1, 0.15) is 0 Å². The SMILES string of the molecule is Cc1ccc2c(c1)CCC1C2CCC2(C)C(O)C(O)CC12. The van der Waals surface area contributed by atoms with Gasteiger partial charge in [-0.15, -0.1) is 0 Å². The molecule has 0 aliphatic heterocycles.